The van der Waals surface area contributed by atoms with Crippen LogP contribution in [0, 0.1) is 0 Å². The molecule has 0 aromatic carbocycles. The highest BCUT2D eigenvalue weighted by Gasteiger charge is 2.48. The number of nitrogens with zero attached hydrogens (tertiary/aromatic N) is 2. The summed E-state index contributed by atoms with van der Waals surface area (Å²) in [4.78, 5) is 32.6. The van der Waals surface area contributed by atoms with Gasteiger partial charge < -0.3 is 19.9 Å². The van der Waals surface area contributed by atoms with E-state index in [2.05, 4.69) is 0 Å². The molecule has 1 rings (SSSR count). The fourth-order valence-corrected chi connectivity index (χ4v) is 1.14. The Morgan fingerprint density at radius 2 is 1.28 bits per heavy atom. The summed E-state index contributed by atoms with van der Waals surface area (Å²) in [5, 5.41) is 20.0. The number of hydroxylamine groups is 4. The SMILES string of the molecule is CC=CON1C(=O)C(=O)N(OC=CC)C(O)C1O. The molecule has 1 heterocycles. The first-order valence-electron chi connectivity index (χ1n) is 5.13. The minimum atomic E-state index is -1.75. The van der Waals surface area contributed by atoms with Crippen LogP contribution in [0.3, 0.4) is 0 Å². The molecule has 0 bridgehead atoms. The maximum absolute atomic E-state index is 11.6. The molecule has 0 saturated carbocycles. The quantitative estimate of drug-likeness (QED) is 0.507. The number of aliphatic hydroxyl groups excluding tert-OH is 2. The lowest BCUT2D eigenvalue weighted by Crippen LogP contribution is -2.63. The van der Waals surface area contributed by atoms with Crippen molar-refractivity contribution >= 4 is 11.8 Å². The number of allylic oxidation sites excluding steroid dienone is 2. The Kier molecular flexibility index (Phi) is 4.69. The van der Waals surface area contributed by atoms with Crippen LogP contribution in [-0.2, 0) is 19.3 Å². The number of carbonyl (C=O) groups is 2. The normalized spacial score (nSPS) is 25.3. The fourth-order valence-electron chi connectivity index (χ4n) is 1.14. The standard InChI is InChI=1S/C10H14N2O6/c1-3-5-17-11-7(13)9(15)12(18-6-4-2)10(16)8(11)14/h3-7,9,13,15H,1-2H3. The molecule has 1 aliphatic rings. The van der Waals surface area contributed by atoms with Crippen molar-refractivity contribution < 1.29 is 29.5 Å². The number of aliphatic hydroxyl groups is 2. The zero-order valence-corrected chi connectivity index (χ0v) is 9.89. The summed E-state index contributed by atoms with van der Waals surface area (Å²) in [5.41, 5.74) is 0. The highest BCUT2D eigenvalue weighted by molar-refractivity contribution is 6.34. The van der Waals surface area contributed by atoms with Crippen molar-refractivity contribution in [3.8, 4) is 0 Å². The van der Waals surface area contributed by atoms with Crippen LogP contribution >= 0.6 is 0 Å². The second kappa shape index (κ2) is 6.03. The van der Waals surface area contributed by atoms with Crippen molar-refractivity contribution in [1.29, 1.82) is 0 Å². The van der Waals surface area contributed by atoms with Gasteiger partial charge in [0.25, 0.3) is 0 Å². The number of hydrogen-bond acceptors (Lipinski definition) is 6. The minimum Gasteiger partial charge on any atom is -0.382 e. The summed E-state index contributed by atoms with van der Waals surface area (Å²) in [6.45, 7) is 3.22. The molecule has 1 fully saturated rings. The Hall–Kier alpha value is -2.06. The number of rotatable bonds is 4. The molecule has 0 aromatic heterocycles. The van der Waals surface area contributed by atoms with Crippen LogP contribution in [0.15, 0.2) is 24.7 Å². The average molecular weight is 258 g/mol. The van der Waals surface area contributed by atoms with E-state index in [1.807, 2.05) is 0 Å². The Morgan fingerprint density at radius 3 is 1.56 bits per heavy atom. The highest BCUT2D eigenvalue weighted by atomic mass is 16.7. The van der Waals surface area contributed by atoms with Crippen LogP contribution in [0.4, 0.5) is 0 Å². The van der Waals surface area contributed by atoms with E-state index < -0.39 is 24.3 Å². The van der Waals surface area contributed by atoms with E-state index in [1.54, 1.807) is 13.8 Å². The predicted octanol–water partition coefficient (Wildman–Crippen LogP) is -0.776. The van der Waals surface area contributed by atoms with Gasteiger partial charge >= 0.3 is 11.8 Å². The molecule has 100 valence electrons. The van der Waals surface area contributed by atoms with Crippen LogP contribution in [-0.4, -0.2) is 44.6 Å². The van der Waals surface area contributed by atoms with Crippen LogP contribution in [0.25, 0.3) is 0 Å². The van der Waals surface area contributed by atoms with Gasteiger partial charge in [0.1, 0.15) is 12.5 Å². The first kappa shape index (κ1) is 14.0. The minimum absolute atomic E-state index is 0.364. The predicted molar refractivity (Wildman–Crippen MR) is 57.5 cm³/mol. The van der Waals surface area contributed by atoms with E-state index in [-0.39, 0.29) is 0 Å². The maximum atomic E-state index is 11.6. The lowest BCUT2D eigenvalue weighted by Gasteiger charge is -2.37. The molecule has 2 amide bonds. The molecular weight excluding hydrogens is 244 g/mol. The first-order chi connectivity index (χ1) is 8.54. The Morgan fingerprint density at radius 1 is 0.944 bits per heavy atom. The third kappa shape index (κ3) is 2.60. The summed E-state index contributed by atoms with van der Waals surface area (Å²) in [6.07, 6.45) is 1.56. The van der Waals surface area contributed by atoms with Gasteiger partial charge in [0.15, 0.2) is 0 Å². The van der Waals surface area contributed by atoms with Crippen molar-refractivity contribution in [3.05, 3.63) is 24.7 Å². The van der Waals surface area contributed by atoms with Crippen molar-refractivity contribution in [2.45, 2.75) is 26.3 Å². The fraction of sp³-hybridized carbons (Fsp3) is 0.400. The molecule has 1 aliphatic heterocycles. The zero-order valence-electron chi connectivity index (χ0n) is 9.89. The van der Waals surface area contributed by atoms with E-state index in [9.17, 15) is 19.8 Å². The molecular formula is C10H14N2O6. The van der Waals surface area contributed by atoms with Crippen molar-refractivity contribution in [3.63, 3.8) is 0 Å². The van der Waals surface area contributed by atoms with Gasteiger partial charge in [0.05, 0.1) is 0 Å². The summed E-state index contributed by atoms with van der Waals surface area (Å²) in [7, 11) is 0. The second-order valence-electron chi connectivity index (χ2n) is 3.24. The van der Waals surface area contributed by atoms with Gasteiger partial charge in [-0.2, -0.15) is 0 Å². The topological polar surface area (TPSA) is 99.5 Å². The molecule has 2 atom stereocenters. The van der Waals surface area contributed by atoms with Crippen molar-refractivity contribution in [2.24, 2.45) is 0 Å². The molecule has 2 unspecified atom stereocenters. The van der Waals surface area contributed by atoms with E-state index in [0.29, 0.717) is 10.1 Å². The molecule has 18 heavy (non-hydrogen) atoms. The van der Waals surface area contributed by atoms with Crippen LogP contribution in [0.5, 0.6) is 0 Å². The van der Waals surface area contributed by atoms with Crippen LogP contribution in [0.1, 0.15) is 13.8 Å². The summed E-state index contributed by atoms with van der Waals surface area (Å²) in [6, 6.07) is 0. The number of amides is 2. The van der Waals surface area contributed by atoms with Crippen molar-refractivity contribution in [1.82, 2.24) is 10.1 Å². The van der Waals surface area contributed by atoms with E-state index in [4.69, 9.17) is 9.68 Å². The Bertz CT molecular complexity index is 345. The number of piperazine rings is 1. The second-order valence-corrected chi connectivity index (χ2v) is 3.24. The molecule has 0 radical (unpaired) electrons. The first-order valence-corrected chi connectivity index (χ1v) is 5.13. The maximum Gasteiger partial charge on any atom is 0.350 e. The van der Waals surface area contributed by atoms with Crippen LogP contribution < -0.4 is 0 Å². The van der Waals surface area contributed by atoms with Gasteiger partial charge in [-0.1, -0.05) is 0 Å². The third-order valence-electron chi connectivity index (χ3n) is 1.95. The molecule has 0 aromatic rings. The van der Waals surface area contributed by atoms with Gasteiger partial charge in [-0.3, -0.25) is 9.59 Å². The number of hydrogen-bond donors (Lipinski definition) is 2. The summed E-state index contributed by atoms with van der Waals surface area (Å²) < 4.78 is 0. The summed E-state index contributed by atoms with van der Waals surface area (Å²) >= 11 is 0. The molecule has 8 nitrogen and oxygen atoms in total. The lowest BCUT2D eigenvalue weighted by molar-refractivity contribution is -0.303. The zero-order chi connectivity index (χ0) is 13.7. The van der Waals surface area contributed by atoms with Gasteiger partial charge in [-0.15, -0.1) is 10.1 Å². The van der Waals surface area contributed by atoms with Gasteiger partial charge in [-0.25, -0.2) is 0 Å². The third-order valence-corrected chi connectivity index (χ3v) is 1.95. The lowest BCUT2D eigenvalue weighted by atomic mass is 10.3. The van der Waals surface area contributed by atoms with E-state index >= 15 is 0 Å². The smallest absolute Gasteiger partial charge is 0.350 e. The summed E-state index contributed by atoms with van der Waals surface area (Å²) in [5.74, 6) is -2.31. The van der Waals surface area contributed by atoms with Gasteiger partial charge in [0.2, 0.25) is 12.5 Å². The number of carbonyl (C=O) groups excluding carboxylic acids is 2. The van der Waals surface area contributed by atoms with E-state index in [1.165, 1.54) is 12.2 Å². The van der Waals surface area contributed by atoms with Crippen LogP contribution in [0.2, 0.25) is 0 Å². The molecule has 1 saturated heterocycles. The monoisotopic (exact) mass is 258 g/mol. The molecule has 0 spiro atoms. The van der Waals surface area contributed by atoms with Gasteiger partial charge in [0, 0.05) is 0 Å². The highest BCUT2D eigenvalue weighted by Crippen LogP contribution is 2.17. The Labute approximate surface area is 103 Å². The van der Waals surface area contributed by atoms with Gasteiger partial charge in [-0.05, 0) is 26.0 Å². The average Bonchev–Trinajstić information content (AvgIpc) is 2.37. The van der Waals surface area contributed by atoms with Crippen molar-refractivity contribution in [2.75, 3.05) is 0 Å². The molecule has 2 N–H and O–H groups in total. The molecule has 0 aliphatic carbocycles. The van der Waals surface area contributed by atoms with E-state index in [0.717, 1.165) is 12.5 Å². The molecule has 8 heteroatoms. The Balaban J connectivity index is 2.88. The largest absolute Gasteiger partial charge is 0.382 e.